The lowest BCUT2D eigenvalue weighted by Gasteiger charge is -2.20. The Kier molecular flexibility index (Phi) is 6.94. The monoisotopic (exact) mass is 176 g/mol. The fourth-order valence-electron chi connectivity index (χ4n) is 0.808. The highest BCUT2D eigenvalue weighted by Crippen LogP contribution is 2.04. The highest BCUT2D eigenvalue weighted by atomic mass is 16.7. The highest BCUT2D eigenvalue weighted by molar-refractivity contribution is 5.50. The largest absolute Gasteiger partial charge is 0.387 e. The van der Waals surface area contributed by atoms with Crippen molar-refractivity contribution in [1.82, 2.24) is 0 Å². The van der Waals surface area contributed by atoms with Crippen LogP contribution in [-0.2, 0) is 14.3 Å². The molecule has 0 spiro atoms. The van der Waals surface area contributed by atoms with Crippen LogP contribution in [0, 0.1) is 0 Å². The van der Waals surface area contributed by atoms with Gasteiger partial charge in [0.15, 0.2) is 6.29 Å². The predicted octanol–water partition coefficient (Wildman–Crippen LogP) is 0.335. The smallest absolute Gasteiger partial charge is 0.183 e. The third-order valence-corrected chi connectivity index (χ3v) is 1.31. The maximum Gasteiger partial charge on any atom is 0.183 e. The summed E-state index contributed by atoms with van der Waals surface area (Å²) < 4.78 is 10.1. The van der Waals surface area contributed by atoms with Gasteiger partial charge in [-0.15, -0.1) is 0 Å². The minimum absolute atomic E-state index is 0.0463. The highest BCUT2D eigenvalue weighted by Gasteiger charge is 2.18. The number of carbonyl (C=O) groups is 1. The van der Waals surface area contributed by atoms with Crippen LogP contribution in [0.5, 0.6) is 0 Å². The summed E-state index contributed by atoms with van der Waals surface area (Å²) in [7, 11) is 0. The molecule has 0 heterocycles. The van der Waals surface area contributed by atoms with Gasteiger partial charge >= 0.3 is 0 Å². The van der Waals surface area contributed by atoms with E-state index in [9.17, 15) is 9.90 Å². The minimum atomic E-state index is -0.859. The molecule has 0 bridgehead atoms. The van der Waals surface area contributed by atoms with E-state index in [-0.39, 0.29) is 6.42 Å². The van der Waals surface area contributed by atoms with Gasteiger partial charge in [-0.2, -0.15) is 0 Å². The number of ether oxygens (including phenoxy) is 2. The molecule has 0 rings (SSSR count). The number of hydrogen-bond donors (Lipinski definition) is 1. The van der Waals surface area contributed by atoms with Gasteiger partial charge in [-0.05, 0) is 13.8 Å². The van der Waals surface area contributed by atoms with E-state index >= 15 is 0 Å². The third kappa shape index (κ3) is 4.43. The van der Waals surface area contributed by atoms with Gasteiger partial charge in [0.05, 0.1) is 0 Å². The van der Waals surface area contributed by atoms with Crippen LogP contribution in [0.1, 0.15) is 20.3 Å². The zero-order valence-corrected chi connectivity index (χ0v) is 7.53. The molecule has 1 atom stereocenters. The normalized spacial score (nSPS) is 13.3. The molecule has 1 unspecified atom stereocenters. The van der Waals surface area contributed by atoms with Crippen molar-refractivity contribution >= 4 is 6.29 Å². The van der Waals surface area contributed by atoms with Crippen molar-refractivity contribution in [3.05, 3.63) is 0 Å². The summed E-state index contributed by atoms with van der Waals surface area (Å²) in [6.45, 7) is 4.53. The summed E-state index contributed by atoms with van der Waals surface area (Å²) in [5.41, 5.74) is 0. The van der Waals surface area contributed by atoms with Crippen LogP contribution >= 0.6 is 0 Å². The van der Waals surface area contributed by atoms with Gasteiger partial charge < -0.3 is 19.4 Å². The first-order valence-electron chi connectivity index (χ1n) is 4.11. The first kappa shape index (κ1) is 11.6. The molecule has 0 saturated heterocycles. The molecule has 0 radical (unpaired) electrons. The van der Waals surface area contributed by atoms with Gasteiger partial charge in [0.2, 0.25) is 0 Å². The molecular weight excluding hydrogens is 160 g/mol. The van der Waals surface area contributed by atoms with Crippen LogP contribution in [0.4, 0.5) is 0 Å². The van der Waals surface area contributed by atoms with Crippen molar-refractivity contribution in [2.24, 2.45) is 0 Å². The molecule has 0 aromatic heterocycles. The van der Waals surface area contributed by atoms with E-state index < -0.39 is 12.4 Å². The second kappa shape index (κ2) is 7.21. The lowest BCUT2D eigenvalue weighted by molar-refractivity contribution is -0.190. The molecule has 0 aliphatic rings. The van der Waals surface area contributed by atoms with Gasteiger partial charge in [0, 0.05) is 19.6 Å². The fourth-order valence-corrected chi connectivity index (χ4v) is 0.808. The van der Waals surface area contributed by atoms with E-state index in [0.717, 1.165) is 0 Å². The lowest BCUT2D eigenvalue weighted by atomic mass is 10.2. The van der Waals surface area contributed by atoms with Gasteiger partial charge in [0.1, 0.15) is 12.4 Å². The van der Waals surface area contributed by atoms with Crippen LogP contribution < -0.4 is 0 Å². The molecule has 0 aromatic rings. The maximum absolute atomic E-state index is 10.1. The van der Waals surface area contributed by atoms with Gasteiger partial charge in [-0.25, -0.2) is 0 Å². The molecule has 0 aliphatic carbocycles. The molecule has 0 aliphatic heterocycles. The van der Waals surface area contributed by atoms with Crippen molar-refractivity contribution < 1.29 is 19.4 Å². The molecule has 0 fully saturated rings. The third-order valence-electron chi connectivity index (χ3n) is 1.31. The number of carbonyl (C=O) groups excluding carboxylic acids is 1. The van der Waals surface area contributed by atoms with E-state index in [0.29, 0.717) is 19.5 Å². The average Bonchev–Trinajstić information content (AvgIpc) is 2.04. The molecule has 0 saturated carbocycles. The second-order valence-corrected chi connectivity index (χ2v) is 2.25. The van der Waals surface area contributed by atoms with Crippen molar-refractivity contribution in [3.63, 3.8) is 0 Å². The molecule has 72 valence electrons. The van der Waals surface area contributed by atoms with Gasteiger partial charge in [-0.3, -0.25) is 0 Å². The second-order valence-electron chi connectivity index (χ2n) is 2.25. The zero-order valence-electron chi connectivity index (χ0n) is 7.53. The standard InChI is InChI=1S/C8H16O4/c1-3-11-8(12-4-2)7(10)5-6-9/h6-8,10H,3-5H2,1-2H3. The van der Waals surface area contributed by atoms with Gasteiger partial charge in [0.25, 0.3) is 0 Å². The summed E-state index contributed by atoms with van der Waals surface area (Å²) in [6.07, 6.45) is -0.840. The molecular formula is C8H16O4. The van der Waals surface area contributed by atoms with E-state index in [2.05, 4.69) is 0 Å². The van der Waals surface area contributed by atoms with Crippen LogP contribution in [0.3, 0.4) is 0 Å². The lowest BCUT2D eigenvalue weighted by Crippen LogP contribution is -2.32. The Morgan fingerprint density at radius 3 is 2.17 bits per heavy atom. The van der Waals surface area contributed by atoms with Crippen molar-refractivity contribution in [2.45, 2.75) is 32.7 Å². The quantitative estimate of drug-likeness (QED) is 0.449. The van der Waals surface area contributed by atoms with Crippen LogP contribution in [0.2, 0.25) is 0 Å². The number of hydrogen-bond acceptors (Lipinski definition) is 4. The Bertz CT molecular complexity index is 110. The maximum atomic E-state index is 10.1. The fraction of sp³-hybridized carbons (Fsp3) is 0.875. The molecule has 12 heavy (non-hydrogen) atoms. The van der Waals surface area contributed by atoms with Crippen LogP contribution in [-0.4, -0.2) is 37.0 Å². The molecule has 1 N–H and O–H groups in total. The summed E-state index contributed by atoms with van der Waals surface area (Å²) in [5, 5.41) is 9.29. The molecule has 4 heteroatoms. The van der Waals surface area contributed by atoms with Crippen molar-refractivity contribution in [3.8, 4) is 0 Å². The predicted molar refractivity (Wildman–Crippen MR) is 43.7 cm³/mol. The van der Waals surface area contributed by atoms with E-state index in [1.165, 1.54) is 0 Å². The summed E-state index contributed by atoms with van der Waals surface area (Å²) in [6, 6.07) is 0. The number of rotatable bonds is 7. The Morgan fingerprint density at radius 1 is 1.33 bits per heavy atom. The van der Waals surface area contributed by atoms with Crippen molar-refractivity contribution in [2.75, 3.05) is 13.2 Å². The number of aliphatic hydroxyl groups excluding tert-OH is 1. The Labute approximate surface area is 72.5 Å². The van der Waals surface area contributed by atoms with Crippen LogP contribution in [0.15, 0.2) is 0 Å². The van der Waals surface area contributed by atoms with Crippen LogP contribution in [0.25, 0.3) is 0 Å². The number of aldehydes is 1. The minimum Gasteiger partial charge on any atom is -0.387 e. The Balaban J connectivity index is 3.80. The van der Waals surface area contributed by atoms with Crippen molar-refractivity contribution in [1.29, 1.82) is 0 Å². The first-order valence-corrected chi connectivity index (χ1v) is 4.11. The number of aliphatic hydroxyl groups is 1. The molecule has 0 aromatic carbocycles. The van der Waals surface area contributed by atoms with E-state index in [1.807, 2.05) is 0 Å². The zero-order chi connectivity index (χ0) is 9.40. The topological polar surface area (TPSA) is 55.8 Å². The summed E-state index contributed by atoms with van der Waals surface area (Å²) in [4.78, 5) is 10.1. The van der Waals surface area contributed by atoms with E-state index in [4.69, 9.17) is 9.47 Å². The Hall–Kier alpha value is -0.450. The Morgan fingerprint density at radius 2 is 1.83 bits per heavy atom. The van der Waals surface area contributed by atoms with E-state index in [1.54, 1.807) is 13.8 Å². The molecule has 4 nitrogen and oxygen atoms in total. The summed E-state index contributed by atoms with van der Waals surface area (Å²) in [5.74, 6) is 0. The first-order chi connectivity index (χ1) is 5.76. The molecule has 0 amide bonds. The SMILES string of the molecule is CCOC(OCC)C(O)CC=O. The van der Waals surface area contributed by atoms with Gasteiger partial charge in [-0.1, -0.05) is 0 Å². The summed E-state index contributed by atoms with van der Waals surface area (Å²) >= 11 is 0. The average molecular weight is 176 g/mol.